The number of amides is 1. The molecule has 5 aliphatic rings. The Morgan fingerprint density at radius 1 is 0.935 bits per heavy atom. The molecule has 1 N–H and O–H groups in total. The molecule has 4 fully saturated rings. The molecule has 5 rings (SSSR count). The molecule has 3 heteroatoms. The predicted octanol–water partition coefficient (Wildman–Crippen LogP) is 5.66. The average Bonchev–Trinajstić information content (AvgIpc) is 3.22. The first-order chi connectivity index (χ1) is 14.4. The van der Waals surface area contributed by atoms with E-state index in [2.05, 4.69) is 71.1 Å². The van der Waals surface area contributed by atoms with Crippen LogP contribution in [0.25, 0.3) is 0 Å². The maximum absolute atomic E-state index is 11.8. The summed E-state index contributed by atoms with van der Waals surface area (Å²) in [5, 5.41) is 3.26. The normalized spacial score (nSPS) is 52.5. The molecule has 0 radical (unpaired) electrons. The summed E-state index contributed by atoms with van der Waals surface area (Å²) in [4.78, 5) is 14.3. The highest BCUT2D eigenvalue weighted by Gasteiger charge is 2.81. The number of carbonyl (C=O) groups is 1. The maximum atomic E-state index is 11.8. The van der Waals surface area contributed by atoms with Gasteiger partial charge in [0, 0.05) is 19.0 Å². The molecule has 174 valence electrons. The van der Waals surface area contributed by atoms with Gasteiger partial charge in [0.15, 0.2) is 0 Å². The summed E-state index contributed by atoms with van der Waals surface area (Å²) >= 11 is 0. The summed E-state index contributed by atoms with van der Waals surface area (Å²) in [6.45, 7) is 14.2. The minimum absolute atomic E-state index is 0.124. The third-order valence-electron chi connectivity index (χ3n) is 12.2. The second kappa shape index (κ2) is 6.39. The quantitative estimate of drug-likeness (QED) is 0.591. The molecule has 2 spiro atoms. The lowest BCUT2D eigenvalue weighted by Crippen LogP contribution is -2.58. The molecule has 31 heavy (non-hydrogen) atoms. The number of rotatable bonds is 3. The highest BCUT2D eigenvalue weighted by molar-refractivity contribution is 5.73. The Hall–Kier alpha value is -0.830. The van der Waals surface area contributed by atoms with E-state index in [1.54, 1.807) is 6.92 Å². The fourth-order valence-corrected chi connectivity index (χ4v) is 10.8. The summed E-state index contributed by atoms with van der Waals surface area (Å²) in [7, 11) is 4.56. The topological polar surface area (TPSA) is 32.3 Å². The van der Waals surface area contributed by atoms with Crippen LogP contribution in [0, 0.1) is 44.8 Å². The van der Waals surface area contributed by atoms with Crippen LogP contribution in [0.4, 0.5) is 0 Å². The van der Waals surface area contributed by atoms with Crippen molar-refractivity contribution in [2.75, 3.05) is 14.1 Å². The van der Waals surface area contributed by atoms with Crippen LogP contribution in [0.3, 0.4) is 0 Å². The molecule has 0 aliphatic heterocycles. The number of allylic oxidation sites excluding steroid dienone is 2. The molecular weight excluding hydrogens is 380 g/mol. The predicted molar refractivity (Wildman–Crippen MR) is 128 cm³/mol. The fourth-order valence-electron chi connectivity index (χ4n) is 10.8. The Morgan fingerprint density at radius 2 is 1.58 bits per heavy atom. The van der Waals surface area contributed by atoms with Crippen molar-refractivity contribution in [1.82, 2.24) is 10.2 Å². The van der Waals surface area contributed by atoms with Gasteiger partial charge in [0.1, 0.15) is 0 Å². The third-order valence-corrected chi connectivity index (χ3v) is 12.2. The van der Waals surface area contributed by atoms with E-state index in [1.807, 2.05) is 0 Å². The summed E-state index contributed by atoms with van der Waals surface area (Å²) in [5.74, 6) is 2.16. The number of hydrogen-bond acceptors (Lipinski definition) is 2. The van der Waals surface area contributed by atoms with Crippen molar-refractivity contribution < 1.29 is 4.79 Å². The molecule has 9 atom stereocenters. The van der Waals surface area contributed by atoms with E-state index in [-0.39, 0.29) is 11.9 Å². The molecule has 0 aromatic rings. The Labute approximate surface area is 190 Å². The first-order valence-electron chi connectivity index (χ1n) is 13.0. The van der Waals surface area contributed by atoms with Crippen LogP contribution < -0.4 is 5.32 Å². The van der Waals surface area contributed by atoms with Gasteiger partial charge in [-0.25, -0.2) is 0 Å². The molecule has 0 aromatic carbocycles. The number of hydrogen-bond donors (Lipinski definition) is 1. The fraction of sp³-hybridized carbons (Fsp3) is 0.893. The monoisotopic (exact) mass is 426 g/mol. The van der Waals surface area contributed by atoms with Crippen molar-refractivity contribution in [1.29, 1.82) is 0 Å². The van der Waals surface area contributed by atoms with Crippen LogP contribution in [0.15, 0.2) is 12.2 Å². The van der Waals surface area contributed by atoms with E-state index in [0.29, 0.717) is 39.0 Å². The van der Waals surface area contributed by atoms with Gasteiger partial charge in [-0.1, -0.05) is 39.8 Å². The number of fused-ring (bicyclic) bond motifs is 2. The molecule has 4 saturated carbocycles. The first kappa shape index (κ1) is 22.0. The van der Waals surface area contributed by atoms with Crippen LogP contribution in [-0.4, -0.2) is 37.0 Å². The largest absolute Gasteiger partial charge is 0.354 e. The SMILES string of the molecule is CC(=O)NC(C)C1CC[C@@]2(C)C3C=CC4C(C)(C)C(N(C)C)CC[C@@]45C[C@@]35CC[C@]12C. The minimum atomic E-state index is 0.124. The van der Waals surface area contributed by atoms with E-state index >= 15 is 0 Å². The van der Waals surface area contributed by atoms with E-state index < -0.39 is 0 Å². The van der Waals surface area contributed by atoms with Crippen molar-refractivity contribution in [3.63, 3.8) is 0 Å². The van der Waals surface area contributed by atoms with Crippen LogP contribution in [0.2, 0.25) is 0 Å². The van der Waals surface area contributed by atoms with Gasteiger partial charge in [0.2, 0.25) is 5.91 Å². The van der Waals surface area contributed by atoms with E-state index in [4.69, 9.17) is 0 Å². The smallest absolute Gasteiger partial charge is 0.217 e. The van der Waals surface area contributed by atoms with Crippen molar-refractivity contribution in [2.45, 2.75) is 98.6 Å². The minimum Gasteiger partial charge on any atom is -0.354 e. The zero-order valence-corrected chi connectivity index (χ0v) is 21.3. The van der Waals surface area contributed by atoms with Crippen LogP contribution >= 0.6 is 0 Å². The molecule has 0 saturated heterocycles. The molecule has 5 unspecified atom stereocenters. The van der Waals surface area contributed by atoms with E-state index in [0.717, 1.165) is 11.8 Å². The molecule has 3 nitrogen and oxygen atoms in total. The Bertz CT molecular complexity index is 816. The second-order valence-electron chi connectivity index (χ2n) is 13.6. The average molecular weight is 427 g/mol. The lowest BCUT2D eigenvalue weighted by atomic mass is 9.43. The third kappa shape index (κ3) is 2.48. The lowest BCUT2D eigenvalue weighted by molar-refractivity contribution is -0.122. The zero-order chi connectivity index (χ0) is 22.6. The Morgan fingerprint density at radius 3 is 2.23 bits per heavy atom. The summed E-state index contributed by atoms with van der Waals surface area (Å²) < 4.78 is 0. The van der Waals surface area contributed by atoms with Crippen molar-refractivity contribution in [3.8, 4) is 0 Å². The standard InChI is InChI=1S/C28H46N2O/c1-18(29-19(2)31)20-11-13-26(6)22-10-9-21-24(3,4)23(30(7)8)12-14-27(21)17-28(22,27)16-15-25(20,26)5/h9-10,18,20-23H,11-17H2,1-8H3,(H,29,31)/t18?,20?,21?,22?,23?,25-,26+,27-,28+/m1/s1. The van der Waals surface area contributed by atoms with Gasteiger partial charge in [-0.2, -0.15) is 0 Å². The number of nitrogens with one attached hydrogen (secondary N) is 1. The van der Waals surface area contributed by atoms with Crippen molar-refractivity contribution in [2.24, 2.45) is 44.8 Å². The van der Waals surface area contributed by atoms with Gasteiger partial charge >= 0.3 is 0 Å². The van der Waals surface area contributed by atoms with Gasteiger partial charge < -0.3 is 10.2 Å². The molecular formula is C28H46N2O. The van der Waals surface area contributed by atoms with E-state index in [9.17, 15) is 4.79 Å². The van der Waals surface area contributed by atoms with Gasteiger partial charge in [-0.05, 0) is 111 Å². The second-order valence-corrected chi connectivity index (χ2v) is 13.6. The number of nitrogens with zero attached hydrogens (tertiary/aromatic N) is 1. The van der Waals surface area contributed by atoms with Gasteiger partial charge in [0.05, 0.1) is 0 Å². The van der Waals surface area contributed by atoms with E-state index in [1.165, 1.54) is 44.9 Å². The van der Waals surface area contributed by atoms with Crippen LogP contribution in [-0.2, 0) is 4.79 Å². The molecule has 0 aromatic heterocycles. The zero-order valence-electron chi connectivity index (χ0n) is 21.3. The summed E-state index contributed by atoms with van der Waals surface area (Å²) in [5.41, 5.74) is 2.11. The Kier molecular flexibility index (Phi) is 4.53. The van der Waals surface area contributed by atoms with Crippen molar-refractivity contribution in [3.05, 3.63) is 12.2 Å². The number of carbonyl (C=O) groups excluding carboxylic acids is 1. The highest BCUT2D eigenvalue weighted by Crippen LogP contribution is 2.87. The molecule has 5 aliphatic carbocycles. The van der Waals surface area contributed by atoms with Gasteiger partial charge in [0.25, 0.3) is 0 Å². The van der Waals surface area contributed by atoms with Crippen LogP contribution in [0.1, 0.15) is 86.5 Å². The Balaban J connectivity index is 1.50. The molecule has 1 amide bonds. The van der Waals surface area contributed by atoms with Crippen molar-refractivity contribution >= 4 is 5.91 Å². The molecule has 0 heterocycles. The summed E-state index contributed by atoms with van der Waals surface area (Å²) in [6, 6.07) is 0.960. The lowest BCUT2D eigenvalue weighted by Gasteiger charge is -2.62. The highest BCUT2D eigenvalue weighted by atomic mass is 16.1. The summed E-state index contributed by atoms with van der Waals surface area (Å²) in [6.07, 6.45) is 15.0. The van der Waals surface area contributed by atoms with Gasteiger partial charge in [-0.3, -0.25) is 4.79 Å². The van der Waals surface area contributed by atoms with Crippen LogP contribution in [0.5, 0.6) is 0 Å². The first-order valence-corrected chi connectivity index (χ1v) is 13.0. The molecule has 0 bridgehead atoms. The van der Waals surface area contributed by atoms with Gasteiger partial charge in [-0.15, -0.1) is 0 Å². The maximum Gasteiger partial charge on any atom is 0.217 e.